The van der Waals surface area contributed by atoms with Crippen LogP contribution < -0.4 is 5.32 Å². The van der Waals surface area contributed by atoms with Crippen LogP contribution in [-0.4, -0.2) is 37.0 Å². The van der Waals surface area contributed by atoms with Crippen LogP contribution in [0.3, 0.4) is 0 Å². The molecule has 1 heterocycles. The first-order valence-electron chi connectivity index (χ1n) is 8.14. The third-order valence-electron chi connectivity index (χ3n) is 4.79. The van der Waals surface area contributed by atoms with Crippen LogP contribution in [0, 0.1) is 0 Å². The van der Waals surface area contributed by atoms with Crippen molar-refractivity contribution >= 4 is 29.1 Å². The summed E-state index contributed by atoms with van der Waals surface area (Å²) in [5.74, 6) is 0.162. The molecule has 3 nitrogen and oxygen atoms in total. The lowest BCUT2D eigenvalue weighted by atomic mass is 9.95. The Morgan fingerprint density at radius 1 is 1.22 bits per heavy atom. The summed E-state index contributed by atoms with van der Waals surface area (Å²) in [6, 6.07) is 15.1. The zero-order chi connectivity index (χ0) is 15.5. The predicted molar refractivity (Wildman–Crippen MR) is 98.3 cm³/mol. The molecule has 0 bridgehead atoms. The molecule has 1 saturated heterocycles. The van der Waals surface area contributed by atoms with Gasteiger partial charge in [-0.3, -0.25) is 4.79 Å². The number of rotatable bonds is 3. The first-order valence-corrected chi connectivity index (χ1v) is 8.14. The third-order valence-corrected chi connectivity index (χ3v) is 4.79. The molecule has 0 radical (unpaired) electrons. The summed E-state index contributed by atoms with van der Waals surface area (Å²) in [6.07, 6.45) is 2.24. The average Bonchev–Trinajstić information content (AvgIpc) is 2.60. The van der Waals surface area contributed by atoms with Crippen molar-refractivity contribution < 1.29 is 4.79 Å². The molecule has 1 amide bonds. The third kappa shape index (κ3) is 3.85. The second kappa shape index (κ2) is 7.80. The fourth-order valence-corrected chi connectivity index (χ4v) is 3.31. The number of fused-ring (bicyclic) bond motifs is 1. The zero-order valence-corrected chi connectivity index (χ0v) is 14.6. The highest BCUT2D eigenvalue weighted by atomic mass is 35.5. The average molecular weight is 333 g/mol. The van der Waals surface area contributed by atoms with Crippen molar-refractivity contribution in [3.05, 3.63) is 48.0 Å². The quantitative estimate of drug-likeness (QED) is 0.931. The zero-order valence-electron chi connectivity index (χ0n) is 13.8. The maximum absolute atomic E-state index is 12.8. The predicted octanol–water partition coefficient (Wildman–Crippen LogP) is 3.58. The van der Waals surface area contributed by atoms with Crippen LogP contribution in [-0.2, 0) is 4.79 Å². The molecule has 4 heteroatoms. The standard InChI is InChI=1S/C19H24N2O.ClH/c1-14(19(22)21-11-5-8-18(13-21)20-2)16-10-9-15-6-3-4-7-17(15)12-16;/h3-4,6-7,9-10,12,14,18,20H,5,8,11,13H2,1-2H3;1H. The first-order chi connectivity index (χ1) is 10.7. The Morgan fingerprint density at radius 2 is 1.96 bits per heavy atom. The van der Waals surface area contributed by atoms with E-state index in [1.807, 2.05) is 31.0 Å². The van der Waals surface area contributed by atoms with Crippen molar-refractivity contribution in [1.29, 1.82) is 0 Å². The second-order valence-corrected chi connectivity index (χ2v) is 6.24. The first kappa shape index (κ1) is 17.8. The second-order valence-electron chi connectivity index (χ2n) is 6.24. The van der Waals surface area contributed by atoms with Gasteiger partial charge in [-0.05, 0) is 43.1 Å². The van der Waals surface area contributed by atoms with Gasteiger partial charge in [-0.1, -0.05) is 42.5 Å². The fourth-order valence-electron chi connectivity index (χ4n) is 3.31. The monoisotopic (exact) mass is 332 g/mol. The number of nitrogens with one attached hydrogen (secondary N) is 1. The number of likely N-dealkylation sites (N-methyl/N-ethyl adjacent to an activating group) is 1. The molecule has 1 aliphatic rings. The lowest BCUT2D eigenvalue weighted by molar-refractivity contribution is -0.133. The Kier molecular flexibility index (Phi) is 6.03. The highest BCUT2D eigenvalue weighted by Gasteiger charge is 2.26. The number of hydrogen-bond acceptors (Lipinski definition) is 2. The Labute approximate surface area is 144 Å². The summed E-state index contributed by atoms with van der Waals surface area (Å²) in [4.78, 5) is 14.8. The van der Waals surface area contributed by atoms with E-state index in [0.29, 0.717) is 6.04 Å². The van der Waals surface area contributed by atoms with Gasteiger partial charge in [-0.25, -0.2) is 0 Å². The van der Waals surface area contributed by atoms with Gasteiger partial charge in [0, 0.05) is 19.1 Å². The van der Waals surface area contributed by atoms with Gasteiger partial charge in [-0.2, -0.15) is 0 Å². The van der Waals surface area contributed by atoms with E-state index in [2.05, 4.69) is 35.6 Å². The van der Waals surface area contributed by atoms with E-state index in [1.54, 1.807) is 0 Å². The number of likely N-dealkylation sites (tertiary alicyclic amines) is 1. The molecule has 0 spiro atoms. The van der Waals surface area contributed by atoms with E-state index in [4.69, 9.17) is 0 Å². The molecule has 0 aliphatic carbocycles. The van der Waals surface area contributed by atoms with Crippen LogP contribution in [0.5, 0.6) is 0 Å². The summed E-state index contributed by atoms with van der Waals surface area (Å²) in [6.45, 7) is 3.73. The van der Waals surface area contributed by atoms with Gasteiger partial charge in [0.15, 0.2) is 0 Å². The number of amides is 1. The molecule has 23 heavy (non-hydrogen) atoms. The largest absolute Gasteiger partial charge is 0.341 e. The van der Waals surface area contributed by atoms with Gasteiger partial charge in [-0.15, -0.1) is 12.4 Å². The Hall–Kier alpha value is -1.58. The van der Waals surface area contributed by atoms with Crippen LogP contribution in [0.15, 0.2) is 42.5 Å². The molecule has 1 fully saturated rings. The lowest BCUT2D eigenvalue weighted by Gasteiger charge is -2.34. The Bertz CT molecular complexity index is 673. The van der Waals surface area contributed by atoms with Crippen molar-refractivity contribution in [3.63, 3.8) is 0 Å². The van der Waals surface area contributed by atoms with Crippen LogP contribution in [0.2, 0.25) is 0 Å². The maximum atomic E-state index is 12.8. The van der Waals surface area contributed by atoms with Gasteiger partial charge in [0.1, 0.15) is 0 Å². The molecule has 124 valence electrons. The minimum atomic E-state index is -0.0831. The van der Waals surface area contributed by atoms with Gasteiger partial charge >= 0.3 is 0 Å². The van der Waals surface area contributed by atoms with E-state index in [0.717, 1.165) is 31.5 Å². The lowest BCUT2D eigenvalue weighted by Crippen LogP contribution is -2.48. The molecule has 0 saturated carbocycles. The number of carbonyl (C=O) groups excluding carboxylic acids is 1. The van der Waals surface area contributed by atoms with E-state index >= 15 is 0 Å². The number of carbonyl (C=O) groups is 1. The molecular weight excluding hydrogens is 308 g/mol. The SMILES string of the molecule is CNC1CCCN(C(=O)C(C)c2ccc3ccccc3c2)C1.Cl. The topological polar surface area (TPSA) is 32.3 Å². The van der Waals surface area contributed by atoms with Crippen molar-refractivity contribution in [2.24, 2.45) is 0 Å². The molecule has 1 aliphatic heterocycles. The van der Waals surface area contributed by atoms with Gasteiger partial charge < -0.3 is 10.2 Å². The van der Waals surface area contributed by atoms with Gasteiger partial charge in [0.2, 0.25) is 5.91 Å². The highest BCUT2D eigenvalue weighted by Crippen LogP contribution is 2.24. The molecule has 2 unspecified atom stereocenters. The van der Waals surface area contributed by atoms with E-state index in [9.17, 15) is 4.79 Å². The number of benzene rings is 2. The van der Waals surface area contributed by atoms with Crippen molar-refractivity contribution in [3.8, 4) is 0 Å². The minimum Gasteiger partial charge on any atom is -0.341 e. The molecule has 2 aromatic carbocycles. The molecule has 2 atom stereocenters. The smallest absolute Gasteiger partial charge is 0.229 e. The van der Waals surface area contributed by atoms with E-state index in [1.165, 1.54) is 10.8 Å². The molecule has 0 aromatic heterocycles. The fraction of sp³-hybridized carbons (Fsp3) is 0.421. The van der Waals surface area contributed by atoms with Crippen LogP contribution in [0.25, 0.3) is 10.8 Å². The molecule has 2 aromatic rings. The molecule has 3 rings (SSSR count). The summed E-state index contributed by atoms with van der Waals surface area (Å²) in [5.41, 5.74) is 1.11. The number of piperidine rings is 1. The van der Waals surface area contributed by atoms with Gasteiger partial charge in [0.25, 0.3) is 0 Å². The van der Waals surface area contributed by atoms with Crippen LogP contribution >= 0.6 is 12.4 Å². The summed E-state index contributed by atoms with van der Waals surface area (Å²) in [5, 5.41) is 5.72. The van der Waals surface area contributed by atoms with E-state index in [-0.39, 0.29) is 24.2 Å². The maximum Gasteiger partial charge on any atom is 0.229 e. The summed E-state index contributed by atoms with van der Waals surface area (Å²) >= 11 is 0. The summed E-state index contributed by atoms with van der Waals surface area (Å²) < 4.78 is 0. The normalized spacial score (nSPS) is 19.2. The molecule has 1 N–H and O–H groups in total. The van der Waals surface area contributed by atoms with Crippen molar-refractivity contribution in [2.75, 3.05) is 20.1 Å². The van der Waals surface area contributed by atoms with Crippen LogP contribution in [0.4, 0.5) is 0 Å². The number of hydrogen-bond donors (Lipinski definition) is 1. The summed E-state index contributed by atoms with van der Waals surface area (Å²) in [7, 11) is 1.98. The number of halogens is 1. The number of nitrogens with zero attached hydrogens (tertiary/aromatic N) is 1. The van der Waals surface area contributed by atoms with E-state index < -0.39 is 0 Å². The van der Waals surface area contributed by atoms with Crippen molar-refractivity contribution in [2.45, 2.75) is 31.7 Å². The Balaban J connectivity index is 0.00000192. The minimum absolute atomic E-state index is 0. The van der Waals surface area contributed by atoms with Crippen LogP contribution in [0.1, 0.15) is 31.2 Å². The van der Waals surface area contributed by atoms with Crippen molar-refractivity contribution in [1.82, 2.24) is 10.2 Å². The highest BCUT2D eigenvalue weighted by molar-refractivity contribution is 5.87. The Morgan fingerprint density at radius 3 is 2.70 bits per heavy atom. The van der Waals surface area contributed by atoms with Gasteiger partial charge in [0.05, 0.1) is 5.92 Å². The molecular formula is C19H25ClN2O.